The number of rotatable bonds is 0. The van der Waals surface area contributed by atoms with Crippen LogP contribution in [-0.4, -0.2) is 0 Å². The Morgan fingerprint density at radius 2 is 2.27 bits per heavy atom. The molecule has 1 heterocycles. The van der Waals surface area contributed by atoms with Crippen LogP contribution in [0.4, 0.5) is 0 Å². The third-order valence-corrected chi connectivity index (χ3v) is 2.23. The Morgan fingerprint density at radius 1 is 1.45 bits per heavy atom. The number of fused-ring (bicyclic) bond motifs is 1. The Morgan fingerprint density at radius 3 is 3.09 bits per heavy atom. The maximum absolute atomic E-state index is 5.48. The van der Waals surface area contributed by atoms with Crippen LogP contribution in [-0.2, 0) is 11.3 Å². The molecule has 58 valence electrons. The second-order valence-corrected chi connectivity index (χ2v) is 3.16. The predicted octanol–water partition coefficient (Wildman–Crippen LogP) is 2.59. The summed E-state index contributed by atoms with van der Waals surface area (Å²) >= 11 is 0. The quantitative estimate of drug-likeness (QED) is 0.549. The van der Waals surface area contributed by atoms with Gasteiger partial charge in [0.15, 0.2) is 0 Å². The average molecular weight is 148 g/mol. The van der Waals surface area contributed by atoms with Crippen molar-refractivity contribution in [2.75, 3.05) is 0 Å². The van der Waals surface area contributed by atoms with Crippen LogP contribution in [0.15, 0.2) is 18.2 Å². The van der Waals surface area contributed by atoms with Crippen molar-refractivity contribution in [1.82, 2.24) is 0 Å². The highest BCUT2D eigenvalue weighted by atomic mass is 16.5. The molecule has 0 amide bonds. The second-order valence-electron chi connectivity index (χ2n) is 3.16. The molecule has 0 saturated heterocycles. The van der Waals surface area contributed by atoms with Crippen molar-refractivity contribution in [2.24, 2.45) is 0 Å². The summed E-state index contributed by atoms with van der Waals surface area (Å²) in [6, 6.07) is 6.52. The molecule has 0 aliphatic carbocycles. The monoisotopic (exact) mass is 148 g/mol. The normalized spacial score (nSPS) is 21.8. The first-order valence-electron chi connectivity index (χ1n) is 3.98. The minimum absolute atomic E-state index is 0.297. The molecular weight excluding hydrogens is 136 g/mol. The zero-order chi connectivity index (χ0) is 7.84. The molecule has 1 aliphatic rings. The van der Waals surface area contributed by atoms with E-state index < -0.39 is 0 Å². The molecule has 0 radical (unpaired) electrons. The lowest BCUT2D eigenvalue weighted by Crippen LogP contribution is -1.87. The van der Waals surface area contributed by atoms with Crippen LogP contribution >= 0.6 is 0 Å². The van der Waals surface area contributed by atoms with Crippen molar-refractivity contribution in [1.29, 1.82) is 0 Å². The molecular formula is C10H12O. The van der Waals surface area contributed by atoms with Crippen molar-refractivity contribution >= 4 is 0 Å². The van der Waals surface area contributed by atoms with Crippen molar-refractivity contribution in [2.45, 2.75) is 26.6 Å². The SMILES string of the molecule is Cc1ccc2c(c1)CO[C@@H]2C. The van der Waals surface area contributed by atoms with Gasteiger partial charge < -0.3 is 4.74 Å². The van der Waals surface area contributed by atoms with Crippen LogP contribution in [0.3, 0.4) is 0 Å². The maximum Gasteiger partial charge on any atom is 0.0804 e. The molecule has 0 aromatic heterocycles. The number of hydrogen-bond acceptors (Lipinski definition) is 1. The molecule has 1 atom stereocenters. The first-order chi connectivity index (χ1) is 5.27. The lowest BCUT2D eigenvalue weighted by atomic mass is 10.0. The summed E-state index contributed by atoms with van der Waals surface area (Å²) in [6.45, 7) is 5.00. The van der Waals surface area contributed by atoms with Gasteiger partial charge in [-0.3, -0.25) is 0 Å². The van der Waals surface area contributed by atoms with E-state index >= 15 is 0 Å². The highest BCUT2D eigenvalue weighted by molar-refractivity contribution is 5.34. The van der Waals surface area contributed by atoms with Crippen molar-refractivity contribution in [3.63, 3.8) is 0 Å². The second kappa shape index (κ2) is 2.35. The Labute approximate surface area is 67.0 Å². The molecule has 1 nitrogen and oxygen atoms in total. The van der Waals surface area contributed by atoms with Crippen molar-refractivity contribution < 1.29 is 4.74 Å². The highest BCUT2D eigenvalue weighted by Crippen LogP contribution is 2.30. The van der Waals surface area contributed by atoms with Gasteiger partial charge in [0.2, 0.25) is 0 Å². The fourth-order valence-corrected chi connectivity index (χ4v) is 1.56. The molecule has 1 aliphatic heterocycles. The van der Waals surface area contributed by atoms with E-state index in [0.29, 0.717) is 6.10 Å². The van der Waals surface area contributed by atoms with E-state index in [0.717, 1.165) is 6.61 Å². The third-order valence-electron chi connectivity index (χ3n) is 2.23. The van der Waals surface area contributed by atoms with Gasteiger partial charge in [-0.2, -0.15) is 0 Å². The van der Waals surface area contributed by atoms with Gasteiger partial charge in [0.1, 0.15) is 0 Å². The summed E-state index contributed by atoms with van der Waals surface area (Å²) in [4.78, 5) is 0. The van der Waals surface area contributed by atoms with E-state index in [4.69, 9.17) is 4.74 Å². The van der Waals surface area contributed by atoms with Gasteiger partial charge in [-0.1, -0.05) is 23.8 Å². The van der Waals surface area contributed by atoms with E-state index in [1.807, 2.05) is 0 Å². The van der Waals surface area contributed by atoms with Gasteiger partial charge in [0.05, 0.1) is 12.7 Å². The number of aryl methyl sites for hydroxylation is 1. The minimum atomic E-state index is 0.297. The summed E-state index contributed by atoms with van der Waals surface area (Å²) in [6.07, 6.45) is 0.297. The predicted molar refractivity (Wildman–Crippen MR) is 44.4 cm³/mol. The molecule has 0 unspecified atom stereocenters. The lowest BCUT2D eigenvalue weighted by molar-refractivity contribution is 0.0796. The molecule has 11 heavy (non-hydrogen) atoms. The van der Waals surface area contributed by atoms with Gasteiger partial charge in [0, 0.05) is 0 Å². The smallest absolute Gasteiger partial charge is 0.0804 e. The number of ether oxygens (including phenoxy) is 1. The summed E-state index contributed by atoms with van der Waals surface area (Å²) < 4.78 is 5.48. The maximum atomic E-state index is 5.48. The Balaban J connectivity index is 2.50. The Hall–Kier alpha value is -0.820. The van der Waals surface area contributed by atoms with Crippen LogP contribution < -0.4 is 0 Å². The minimum Gasteiger partial charge on any atom is -0.369 e. The third kappa shape index (κ3) is 1.05. The molecule has 1 aromatic rings. The van der Waals surface area contributed by atoms with E-state index in [2.05, 4.69) is 32.0 Å². The van der Waals surface area contributed by atoms with Crippen LogP contribution in [0.25, 0.3) is 0 Å². The van der Waals surface area contributed by atoms with E-state index in [9.17, 15) is 0 Å². The topological polar surface area (TPSA) is 9.23 Å². The Kier molecular flexibility index (Phi) is 1.46. The number of benzene rings is 1. The molecule has 0 spiro atoms. The van der Waals surface area contributed by atoms with Gasteiger partial charge in [0.25, 0.3) is 0 Å². The molecule has 0 N–H and O–H groups in total. The standard InChI is InChI=1S/C10H12O/c1-7-3-4-10-8(2)11-6-9(10)5-7/h3-5,8H,6H2,1-2H3/t8-/m1/s1. The van der Waals surface area contributed by atoms with Gasteiger partial charge in [-0.25, -0.2) is 0 Å². The first-order valence-corrected chi connectivity index (χ1v) is 3.98. The van der Waals surface area contributed by atoms with E-state index in [1.165, 1.54) is 16.7 Å². The average Bonchev–Trinajstić information content (AvgIpc) is 2.32. The van der Waals surface area contributed by atoms with Gasteiger partial charge in [-0.05, 0) is 25.0 Å². The van der Waals surface area contributed by atoms with Crippen LogP contribution in [0.5, 0.6) is 0 Å². The lowest BCUT2D eigenvalue weighted by Gasteiger charge is -2.02. The van der Waals surface area contributed by atoms with Crippen LogP contribution in [0.2, 0.25) is 0 Å². The summed E-state index contributed by atoms with van der Waals surface area (Å²) in [5, 5.41) is 0. The Bertz CT molecular complexity index is 278. The largest absolute Gasteiger partial charge is 0.369 e. The van der Waals surface area contributed by atoms with Crippen molar-refractivity contribution in [3.8, 4) is 0 Å². The molecule has 0 saturated carbocycles. The van der Waals surface area contributed by atoms with E-state index in [1.54, 1.807) is 0 Å². The molecule has 1 heteroatoms. The molecule has 2 rings (SSSR count). The fraction of sp³-hybridized carbons (Fsp3) is 0.400. The summed E-state index contributed by atoms with van der Waals surface area (Å²) in [7, 11) is 0. The highest BCUT2D eigenvalue weighted by Gasteiger charge is 2.17. The van der Waals surface area contributed by atoms with Crippen LogP contribution in [0, 0.1) is 6.92 Å². The molecule has 0 bridgehead atoms. The summed E-state index contributed by atoms with van der Waals surface area (Å²) in [5.74, 6) is 0. The van der Waals surface area contributed by atoms with Gasteiger partial charge >= 0.3 is 0 Å². The first kappa shape index (κ1) is 6.86. The zero-order valence-corrected chi connectivity index (χ0v) is 6.92. The number of hydrogen-bond donors (Lipinski definition) is 0. The van der Waals surface area contributed by atoms with Crippen LogP contribution in [0.1, 0.15) is 29.7 Å². The zero-order valence-electron chi connectivity index (χ0n) is 6.92. The fourth-order valence-electron chi connectivity index (χ4n) is 1.56. The molecule has 1 aromatic carbocycles. The molecule has 0 fully saturated rings. The van der Waals surface area contributed by atoms with E-state index in [-0.39, 0.29) is 0 Å². The van der Waals surface area contributed by atoms with Crippen molar-refractivity contribution in [3.05, 3.63) is 34.9 Å². The van der Waals surface area contributed by atoms with Gasteiger partial charge in [-0.15, -0.1) is 0 Å². The summed E-state index contributed by atoms with van der Waals surface area (Å²) in [5.41, 5.74) is 4.04.